The number of anilines is 1. The van der Waals surface area contributed by atoms with Crippen LogP contribution in [0.2, 0.25) is 5.02 Å². The van der Waals surface area contributed by atoms with Crippen LogP contribution in [0.25, 0.3) is 0 Å². The molecule has 2 rings (SSSR count). The standard InChI is InChI=1S/C22H29ClN2O3S/c1-17(14-15-19-9-5-4-6-10-19)24-22(26)13-8-16-25(29(3,27)28)21-12-7-11-20(23)18(21)2/h4-7,9-12,17H,8,13-16H2,1-3H3,(H,24,26)/t17-/m1/s1. The largest absolute Gasteiger partial charge is 0.354 e. The van der Waals surface area contributed by atoms with Gasteiger partial charge in [0.25, 0.3) is 0 Å². The first-order valence-electron chi connectivity index (χ1n) is 9.74. The Balaban J connectivity index is 1.85. The average Bonchev–Trinajstić information content (AvgIpc) is 2.66. The van der Waals surface area contributed by atoms with Gasteiger partial charge in [0, 0.05) is 24.0 Å². The minimum absolute atomic E-state index is 0.0592. The Morgan fingerprint density at radius 3 is 2.48 bits per heavy atom. The smallest absolute Gasteiger partial charge is 0.232 e. The molecule has 0 bridgehead atoms. The molecule has 1 N–H and O–H groups in total. The number of carbonyl (C=O) groups is 1. The van der Waals surface area contributed by atoms with Crippen molar-refractivity contribution in [3.05, 3.63) is 64.7 Å². The molecule has 0 heterocycles. The van der Waals surface area contributed by atoms with Crippen LogP contribution in [0.15, 0.2) is 48.5 Å². The van der Waals surface area contributed by atoms with Gasteiger partial charge in [-0.15, -0.1) is 0 Å². The van der Waals surface area contributed by atoms with E-state index >= 15 is 0 Å². The molecular formula is C22H29ClN2O3S. The number of rotatable bonds is 10. The highest BCUT2D eigenvalue weighted by atomic mass is 35.5. The van der Waals surface area contributed by atoms with Gasteiger partial charge in [0.05, 0.1) is 11.9 Å². The van der Waals surface area contributed by atoms with Crippen molar-refractivity contribution in [3.63, 3.8) is 0 Å². The predicted octanol–water partition coefficient (Wildman–Crippen LogP) is 4.33. The zero-order valence-corrected chi connectivity index (χ0v) is 18.8. The Labute approximate surface area is 179 Å². The van der Waals surface area contributed by atoms with E-state index in [2.05, 4.69) is 17.4 Å². The second kappa shape index (κ2) is 10.6. The number of halogens is 1. The Bertz CT molecular complexity index is 917. The van der Waals surface area contributed by atoms with Crippen molar-refractivity contribution in [2.75, 3.05) is 17.1 Å². The average molecular weight is 437 g/mol. The van der Waals surface area contributed by atoms with Gasteiger partial charge in [-0.25, -0.2) is 8.42 Å². The van der Waals surface area contributed by atoms with Gasteiger partial charge in [-0.05, 0) is 56.4 Å². The van der Waals surface area contributed by atoms with Gasteiger partial charge >= 0.3 is 0 Å². The van der Waals surface area contributed by atoms with E-state index in [1.807, 2.05) is 25.1 Å². The Hall–Kier alpha value is -2.05. The topological polar surface area (TPSA) is 66.5 Å². The second-order valence-electron chi connectivity index (χ2n) is 7.32. The molecule has 7 heteroatoms. The first-order chi connectivity index (χ1) is 13.7. The molecule has 0 saturated carbocycles. The number of nitrogens with zero attached hydrogens (tertiary/aromatic N) is 1. The first kappa shape index (κ1) is 23.2. The maximum atomic E-state index is 12.3. The van der Waals surface area contributed by atoms with Gasteiger partial charge in [-0.1, -0.05) is 48.0 Å². The van der Waals surface area contributed by atoms with Gasteiger partial charge in [0.1, 0.15) is 0 Å². The normalized spacial score (nSPS) is 12.4. The first-order valence-corrected chi connectivity index (χ1v) is 12.0. The van der Waals surface area contributed by atoms with Gasteiger partial charge in [-0.2, -0.15) is 0 Å². The van der Waals surface area contributed by atoms with E-state index in [4.69, 9.17) is 11.6 Å². The molecule has 0 saturated heterocycles. The summed E-state index contributed by atoms with van der Waals surface area (Å²) in [6.07, 6.45) is 3.61. The summed E-state index contributed by atoms with van der Waals surface area (Å²) in [5.74, 6) is -0.0678. The fourth-order valence-electron chi connectivity index (χ4n) is 3.16. The van der Waals surface area contributed by atoms with Crippen molar-refractivity contribution >= 4 is 33.2 Å². The van der Waals surface area contributed by atoms with Crippen molar-refractivity contribution in [1.82, 2.24) is 5.32 Å². The third kappa shape index (κ3) is 7.37. The Morgan fingerprint density at radius 2 is 1.83 bits per heavy atom. The molecule has 0 aromatic heterocycles. The Kier molecular flexibility index (Phi) is 8.53. The van der Waals surface area contributed by atoms with Gasteiger partial charge in [0.2, 0.25) is 15.9 Å². The molecule has 2 aromatic rings. The van der Waals surface area contributed by atoms with Gasteiger partial charge < -0.3 is 5.32 Å². The van der Waals surface area contributed by atoms with Crippen LogP contribution in [0.3, 0.4) is 0 Å². The molecule has 0 radical (unpaired) electrons. The number of amides is 1. The molecule has 158 valence electrons. The van der Waals surface area contributed by atoms with E-state index in [9.17, 15) is 13.2 Å². The molecule has 0 fully saturated rings. The quantitative estimate of drug-likeness (QED) is 0.602. The number of sulfonamides is 1. The lowest BCUT2D eigenvalue weighted by Crippen LogP contribution is -2.35. The fraction of sp³-hybridized carbons (Fsp3) is 0.409. The van der Waals surface area contributed by atoms with Crippen molar-refractivity contribution in [2.24, 2.45) is 0 Å². The van der Waals surface area contributed by atoms with Gasteiger partial charge in [-0.3, -0.25) is 9.10 Å². The number of carbonyl (C=O) groups excluding carboxylic acids is 1. The molecule has 29 heavy (non-hydrogen) atoms. The summed E-state index contributed by atoms with van der Waals surface area (Å²) in [4.78, 5) is 12.3. The number of hydrogen-bond acceptors (Lipinski definition) is 3. The summed E-state index contributed by atoms with van der Waals surface area (Å²) in [5, 5.41) is 3.51. The summed E-state index contributed by atoms with van der Waals surface area (Å²) < 4.78 is 25.8. The van der Waals surface area contributed by atoms with Crippen LogP contribution in [-0.2, 0) is 21.2 Å². The molecule has 0 aliphatic heterocycles. The number of benzene rings is 2. The lowest BCUT2D eigenvalue weighted by molar-refractivity contribution is -0.121. The maximum absolute atomic E-state index is 12.3. The van der Waals surface area contributed by atoms with E-state index < -0.39 is 10.0 Å². The van der Waals surface area contributed by atoms with Crippen molar-refractivity contribution < 1.29 is 13.2 Å². The van der Waals surface area contributed by atoms with E-state index in [-0.39, 0.29) is 24.9 Å². The minimum atomic E-state index is -3.47. The van der Waals surface area contributed by atoms with Crippen LogP contribution >= 0.6 is 11.6 Å². The van der Waals surface area contributed by atoms with E-state index in [0.29, 0.717) is 22.7 Å². The maximum Gasteiger partial charge on any atom is 0.232 e. The Morgan fingerprint density at radius 1 is 1.14 bits per heavy atom. The lowest BCUT2D eigenvalue weighted by atomic mass is 10.1. The molecule has 1 atom stereocenters. The zero-order valence-electron chi connectivity index (χ0n) is 17.2. The summed E-state index contributed by atoms with van der Waals surface area (Å²) >= 11 is 6.14. The molecule has 0 unspecified atom stereocenters. The SMILES string of the molecule is Cc1c(Cl)cccc1N(CCCC(=O)N[C@H](C)CCc1ccccc1)S(C)(=O)=O. The fourth-order valence-corrected chi connectivity index (χ4v) is 4.35. The van der Waals surface area contributed by atoms with Crippen LogP contribution in [-0.4, -0.2) is 33.2 Å². The van der Waals surface area contributed by atoms with Crippen molar-refractivity contribution in [2.45, 2.75) is 45.6 Å². The summed E-state index contributed by atoms with van der Waals surface area (Å²) in [6.45, 7) is 4.00. The summed E-state index contributed by atoms with van der Waals surface area (Å²) in [6, 6.07) is 15.4. The number of hydrogen-bond donors (Lipinski definition) is 1. The monoisotopic (exact) mass is 436 g/mol. The summed E-state index contributed by atoms with van der Waals surface area (Å²) in [7, 11) is -3.47. The van der Waals surface area contributed by atoms with Crippen LogP contribution in [0.1, 0.15) is 37.3 Å². The molecule has 0 spiro atoms. The predicted molar refractivity (Wildman–Crippen MR) is 120 cm³/mol. The van der Waals surface area contributed by atoms with E-state index in [0.717, 1.165) is 12.8 Å². The second-order valence-corrected chi connectivity index (χ2v) is 9.63. The number of aryl methyl sites for hydroxylation is 1. The van der Waals surface area contributed by atoms with E-state index in [1.165, 1.54) is 16.1 Å². The highest BCUT2D eigenvalue weighted by Gasteiger charge is 2.20. The third-order valence-electron chi connectivity index (χ3n) is 4.79. The van der Waals surface area contributed by atoms with Crippen molar-refractivity contribution in [3.8, 4) is 0 Å². The highest BCUT2D eigenvalue weighted by Crippen LogP contribution is 2.28. The minimum Gasteiger partial charge on any atom is -0.354 e. The zero-order chi connectivity index (χ0) is 21.4. The van der Waals surface area contributed by atoms with Crippen molar-refractivity contribution in [1.29, 1.82) is 0 Å². The van der Waals surface area contributed by atoms with Crippen LogP contribution < -0.4 is 9.62 Å². The summed E-state index contributed by atoms with van der Waals surface area (Å²) in [5.41, 5.74) is 2.50. The van der Waals surface area contributed by atoms with Crippen LogP contribution in [0.4, 0.5) is 5.69 Å². The molecule has 5 nitrogen and oxygen atoms in total. The lowest BCUT2D eigenvalue weighted by Gasteiger charge is -2.24. The van der Waals surface area contributed by atoms with E-state index in [1.54, 1.807) is 25.1 Å². The van der Waals surface area contributed by atoms with Crippen LogP contribution in [0, 0.1) is 6.92 Å². The third-order valence-corrected chi connectivity index (χ3v) is 6.38. The molecular weight excluding hydrogens is 408 g/mol. The molecule has 2 aromatic carbocycles. The molecule has 0 aliphatic rings. The molecule has 0 aliphatic carbocycles. The molecule has 1 amide bonds. The van der Waals surface area contributed by atoms with Gasteiger partial charge in [0.15, 0.2) is 0 Å². The highest BCUT2D eigenvalue weighted by molar-refractivity contribution is 7.92. The van der Waals surface area contributed by atoms with Crippen LogP contribution in [0.5, 0.6) is 0 Å². The number of nitrogens with one attached hydrogen (secondary N) is 1.